The standard InChI is InChI=1S/C11H16BrNO3.ClH/c1-16-10-6-7(12)5-8(11(10)15)9(13)3-2-4-14;/h5-6,9,14-15H,2-4,13H2,1H3;1H/t9-;/m1./s1. The van der Waals surface area contributed by atoms with E-state index in [1.54, 1.807) is 12.1 Å². The molecule has 4 N–H and O–H groups in total. The van der Waals surface area contributed by atoms with E-state index >= 15 is 0 Å². The molecule has 0 aliphatic rings. The molecule has 1 atom stereocenters. The van der Waals surface area contributed by atoms with Crippen LogP contribution in [0.2, 0.25) is 0 Å². The van der Waals surface area contributed by atoms with Gasteiger partial charge in [-0.3, -0.25) is 0 Å². The number of aliphatic hydroxyl groups is 1. The van der Waals surface area contributed by atoms with Crippen LogP contribution in [0.3, 0.4) is 0 Å². The van der Waals surface area contributed by atoms with Gasteiger partial charge in [-0.25, -0.2) is 0 Å². The Morgan fingerprint density at radius 1 is 1.47 bits per heavy atom. The Hall–Kier alpha value is -0.490. The summed E-state index contributed by atoms with van der Waals surface area (Å²) in [6.45, 7) is 0.0968. The molecule has 0 fully saturated rings. The molecule has 4 nitrogen and oxygen atoms in total. The largest absolute Gasteiger partial charge is 0.504 e. The molecular weight excluding hydrogens is 309 g/mol. The molecule has 0 saturated carbocycles. The van der Waals surface area contributed by atoms with Gasteiger partial charge in [0.15, 0.2) is 11.5 Å². The molecule has 0 aromatic heterocycles. The molecule has 1 aromatic carbocycles. The first-order chi connectivity index (χ1) is 7.60. The molecule has 0 aliphatic carbocycles. The van der Waals surface area contributed by atoms with E-state index in [0.717, 1.165) is 4.47 Å². The van der Waals surface area contributed by atoms with Crippen molar-refractivity contribution in [2.45, 2.75) is 18.9 Å². The zero-order chi connectivity index (χ0) is 12.1. The third-order valence-electron chi connectivity index (χ3n) is 2.36. The number of hydrogen-bond donors (Lipinski definition) is 3. The van der Waals surface area contributed by atoms with E-state index in [1.807, 2.05) is 0 Å². The highest BCUT2D eigenvalue weighted by Gasteiger charge is 2.15. The van der Waals surface area contributed by atoms with Crippen molar-refractivity contribution in [1.82, 2.24) is 0 Å². The van der Waals surface area contributed by atoms with Crippen molar-refractivity contribution in [1.29, 1.82) is 0 Å². The van der Waals surface area contributed by atoms with Crippen molar-refractivity contribution in [3.8, 4) is 11.5 Å². The Bertz CT molecular complexity index is 363. The minimum atomic E-state index is -0.307. The average Bonchev–Trinajstić information content (AvgIpc) is 2.28. The number of phenols is 1. The maximum atomic E-state index is 9.89. The number of nitrogens with two attached hydrogens (primary N) is 1. The first-order valence-electron chi connectivity index (χ1n) is 5.03. The first-order valence-corrected chi connectivity index (χ1v) is 5.82. The summed E-state index contributed by atoms with van der Waals surface area (Å²) in [4.78, 5) is 0. The molecule has 0 radical (unpaired) electrons. The molecule has 17 heavy (non-hydrogen) atoms. The van der Waals surface area contributed by atoms with E-state index in [9.17, 15) is 5.11 Å². The second-order valence-corrected chi connectivity index (χ2v) is 4.43. The first kappa shape index (κ1) is 16.5. The Morgan fingerprint density at radius 2 is 2.12 bits per heavy atom. The normalized spacial score (nSPS) is 11.8. The van der Waals surface area contributed by atoms with Crippen LogP contribution in [-0.2, 0) is 0 Å². The van der Waals surface area contributed by atoms with Crippen LogP contribution < -0.4 is 10.5 Å². The van der Waals surface area contributed by atoms with Gasteiger partial charge in [0.2, 0.25) is 0 Å². The number of hydrogen-bond acceptors (Lipinski definition) is 4. The molecule has 0 spiro atoms. The number of phenolic OH excluding ortho intramolecular Hbond substituents is 1. The van der Waals surface area contributed by atoms with E-state index in [2.05, 4.69) is 15.9 Å². The zero-order valence-corrected chi connectivity index (χ0v) is 11.9. The van der Waals surface area contributed by atoms with Gasteiger partial charge in [0, 0.05) is 22.7 Å². The van der Waals surface area contributed by atoms with Crippen LogP contribution in [0.5, 0.6) is 11.5 Å². The van der Waals surface area contributed by atoms with Crippen molar-refractivity contribution in [2.24, 2.45) is 5.73 Å². The van der Waals surface area contributed by atoms with Crippen LogP contribution in [-0.4, -0.2) is 23.9 Å². The molecule has 98 valence electrons. The molecule has 1 aromatic rings. The monoisotopic (exact) mass is 325 g/mol. The summed E-state index contributed by atoms with van der Waals surface area (Å²) in [6.07, 6.45) is 1.22. The second-order valence-electron chi connectivity index (χ2n) is 3.52. The smallest absolute Gasteiger partial charge is 0.162 e. The van der Waals surface area contributed by atoms with Crippen LogP contribution >= 0.6 is 28.3 Å². The number of halogens is 2. The Kier molecular flexibility index (Phi) is 7.54. The molecule has 1 rings (SSSR count). The fraction of sp³-hybridized carbons (Fsp3) is 0.455. The van der Waals surface area contributed by atoms with Gasteiger partial charge in [-0.1, -0.05) is 15.9 Å². The highest BCUT2D eigenvalue weighted by molar-refractivity contribution is 9.10. The quantitative estimate of drug-likeness (QED) is 0.776. The minimum absolute atomic E-state index is 0. The predicted molar refractivity (Wildman–Crippen MR) is 72.9 cm³/mol. The second kappa shape index (κ2) is 7.76. The molecular formula is C11H17BrClNO3. The van der Waals surface area contributed by atoms with Crippen molar-refractivity contribution >= 4 is 28.3 Å². The predicted octanol–water partition coefficient (Wildman–Crippen LogP) is 2.36. The van der Waals surface area contributed by atoms with Crippen LogP contribution in [0.15, 0.2) is 16.6 Å². The van der Waals surface area contributed by atoms with Crippen LogP contribution in [0, 0.1) is 0 Å². The number of aromatic hydroxyl groups is 1. The molecule has 0 aliphatic heterocycles. The molecule has 6 heteroatoms. The third-order valence-corrected chi connectivity index (χ3v) is 2.82. The van der Waals surface area contributed by atoms with Crippen molar-refractivity contribution < 1.29 is 14.9 Å². The van der Waals surface area contributed by atoms with Gasteiger partial charge in [-0.15, -0.1) is 12.4 Å². The summed E-state index contributed by atoms with van der Waals surface area (Å²) in [5.41, 5.74) is 6.55. The number of aliphatic hydroxyl groups excluding tert-OH is 1. The van der Waals surface area contributed by atoms with Crippen LogP contribution in [0.25, 0.3) is 0 Å². The summed E-state index contributed by atoms with van der Waals surface area (Å²) in [7, 11) is 1.49. The fourth-order valence-corrected chi connectivity index (χ4v) is 1.95. The number of methoxy groups -OCH3 is 1. The highest BCUT2D eigenvalue weighted by atomic mass is 79.9. The lowest BCUT2D eigenvalue weighted by Crippen LogP contribution is -2.11. The van der Waals surface area contributed by atoms with Gasteiger partial charge in [0.25, 0.3) is 0 Å². The van der Waals surface area contributed by atoms with E-state index < -0.39 is 0 Å². The lowest BCUT2D eigenvalue weighted by molar-refractivity contribution is 0.279. The molecule has 0 unspecified atom stereocenters. The molecule has 0 amide bonds. The minimum Gasteiger partial charge on any atom is -0.504 e. The molecule has 0 saturated heterocycles. The van der Waals surface area contributed by atoms with Gasteiger partial charge in [0.05, 0.1) is 7.11 Å². The fourth-order valence-electron chi connectivity index (χ4n) is 1.50. The third kappa shape index (κ3) is 4.35. The lowest BCUT2D eigenvalue weighted by atomic mass is 10.0. The molecule has 0 heterocycles. The lowest BCUT2D eigenvalue weighted by Gasteiger charge is -2.15. The summed E-state index contributed by atoms with van der Waals surface area (Å²) in [5, 5.41) is 18.6. The number of ether oxygens (including phenoxy) is 1. The summed E-state index contributed by atoms with van der Waals surface area (Å²) >= 11 is 3.33. The van der Waals surface area contributed by atoms with Gasteiger partial charge >= 0.3 is 0 Å². The molecule has 0 bridgehead atoms. The van der Waals surface area contributed by atoms with Crippen LogP contribution in [0.1, 0.15) is 24.4 Å². The van der Waals surface area contributed by atoms with Gasteiger partial charge in [-0.2, -0.15) is 0 Å². The van der Waals surface area contributed by atoms with Gasteiger partial charge < -0.3 is 20.7 Å². The van der Waals surface area contributed by atoms with Crippen LogP contribution in [0.4, 0.5) is 0 Å². The number of benzene rings is 1. The average molecular weight is 327 g/mol. The summed E-state index contributed by atoms with van der Waals surface area (Å²) in [5.74, 6) is 0.458. The van der Waals surface area contributed by atoms with E-state index in [-0.39, 0.29) is 30.8 Å². The summed E-state index contributed by atoms with van der Waals surface area (Å²) < 4.78 is 5.84. The maximum Gasteiger partial charge on any atom is 0.162 e. The van der Waals surface area contributed by atoms with Gasteiger partial charge in [-0.05, 0) is 25.0 Å². The number of rotatable bonds is 5. The Morgan fingerprint density at radius 3 is 2.65 bits per heavy atom. The van der Waals surface area contributed by atoms with E-state index in [1.165, 1.54) is 7.11 Å². The summed E-state index contributed by atoms with van der Waals surface area (Å²) in [6, 6.07) is 3.14. The SMILES string of the molecule is COc1cc(Br)cc([C@H](N)CCCO)c1O.Cl. The van der Waals surface area contributed by atoms with Gasteiger partial charge in [0.1, 0.15) is 0 Å². The van der Waals surface area contributed by atoms with E-state index in [4.69, 9.17) is 15.6 Å². The Labute approximate surface area is 115 Å². The topological polar surface area (TPSA) is 75.7 Å². The maximum absolute atomic E-state index is 9.89. The zero-order valence-electron chi connectivity index (χ0n) is 9.52. The van der Waals surface area contributed by atoms with Crippen molar-refractivity contribution in [2.75, 3.05) is 13.7 Å². The highest BCUT2D eigenvalue weighted by Crippen LogP contribution is 2.37. The van der Waals surface area contributed by atoms with Crippen molar-refractivity contribution in [3.05, 3.63) is 22.2 Å². The Balaban J connectivity index is 0.00000256. The van der Waals surface area contributed by atoms with Crippen molar-refractivity contribution in [3.63, 3.8) is 0 Å². The van der Waals surface area contributed by atoms with E-state index in [0.29, 0.717) is 24.2 Å².